The topological polar surface area (TPSA) is 17.1 Å². The molecule has 88 valence electrons. The number of carbonyl (C=O) groups excluding carboxylic acids is 1. The SMILES string of the molecule is O=C(Cc1cc(F)cc(F)c1)c1cscc1Br. The molecule has 0 unspecified atom stereocenters. The van der Waals surface area contributed by atoms with Crippen LogP contribution < -0.4 is 0 Å². The molecule has 0 aliphatic carbocycles. The maximum atomic E-state index is 12.9. The largest absolute Gasteiger partial charge is 0.294 e. The van der Waals surface area contributed by atoms with E-state index < -0.39 is 11.6 Å². The summed E-state index contributed by atoms with van der Waals surface area (Å²) in [6.07, 6.45) is -0.00991. The van der Waals surface area contributed by atoms with Crippen molar-refractivity contribution in [3.63, 3.8) is 0 Å². The van der Waals surface area contributed by atoms with Crippen molar-refractivity contribution in [1.82, 2.24) is 0 Å². The van der Waals surface area contributed by atoms with Crippen LogP contribution in [-0.4, -0.2) is 5.78 Å². The summed E-state index contributed by atoms with van der Waals surface area (Å²) in [6, 6.07) is 3.12. The molecule has 1 heterocycles. The molecule has 1 aromatic heterocycles. The molecular formula is C12H7BrF2OS. The molecule has 0 radical (unpaired) electrons. The Morgan fingerprint density at radius 3 is 2.35 bits per heavy atom. The van der Waals surface area contributed by atoms with Gasteiger partial charge < -0.3 is 0 Å². The molecule has 0 fully saturated rings. The van der Waals surface area contributed by atoms with Crippen LogP contribution in [0.15, 0.2) is 33.4 Å². The fraction of sp³-hybridized carbons (Fsp3) is 0.0833. The van der Waals surface area contributed by atoms with Crippen molar-refractivity contribution in [2.24, 2.45) is 0 Å². The molecule has 5 heteroatoms. The van der Waals surface area contributed by atoms with E-state index in [0.29, 0.717) is 15.6 Å². The Labute approximate surface area is 109 Å². The van der Waals surface area contributed by atoms with Crippen LogP contribution in [0.25, 0.3) is 0 Å². The Balaban J connectivity index is 2.21. The summed E-state index contributed by atoms with van der Waals surface area (Å²) in [6.45, 7) is 0. The summed E-state index contributed by atoms with van der Waals surface area (Å²) in [5, 5.41) is 3.50. The molecule has 2 aromatic rings. The fourth-order valence-corrected chi connectivity index (χ4v) is 2.99. The number of rotatable bonds is 3. The van der Waals surface area contributed by atoms with Crippen LogP contribution in [-0.2, 0) is 6.42 Å². The monoisotopic (exact) mass is 316 g/mol. The van der Waals surface area contributed by atoms with E-state index in [-0.39, 0.29) is 12.2 Å². The first-order valence-electron chi connectivity index (χ1n) is 4.76. The number of Topliss-reactive ketones (excluding diaryl/α,β-unsaturated/α-hetero) is 1. The number of hydrogen-bond donors (Lipinski definition) is 0. The van der Waals surface area contributed by atoms with Gasteiger partial charge in [-0.15, -0.1) is 0 Å². The van der Waals surface area contributed by atoms with Gasteiger partial charge in [-0.3, -0.25) is 4.79 Å². The molecule has 0 aliphatic heterocycles. The Bertz CT molecular complexity index is 545. The normalized spacial score (nSPS) is 10.5. The Morgan fingerprint density at radius 1 is 1.18 bits per heavy atom. The lowest BCUT2D eigenvalue weighted by Crippen LogP contribution is -2.03. The van der Waals surface area contributed by atoms with Crippen LogP contribution >= 0.6 is 27.3 Å². The molecule has 0 bridgehead atoms. The molecule has 1 aromatic carbocycles. The molecule has 2 rings (SSSR count). The van der Waals surface area contributed by atoms with Crippen LogP contribution in [0, 0.1) is 11.6 Å². The van der Waals surface area contributed by atoms with Crippen LogP contribution in [0.2, 0.25) is 0 Å². The van der Waals surface area contributed by atoms with Gasteiger partial charge in [-0.05, 0) is 33.6 Å². The highest BCUT2D eigenvalue weighted by Crippen LogP contribution is 2.23. The smallest absolute Gasteiger partial charge is 0.169 e. The van der Waals surface area contributed by atoms with Crippen molar-refractivity contribution in [2.75, 3.05) is 0 Å². The molecule has 0 amide bonds. The Kier molecular flexibility index (Phi) is 3.69. The minimum atomic E-state index is -0.669. The lowest BCUT2D eigenvalue weighted by molar-refractivity contribution is 0.0992. The average Bonchev–Trinajstić information content (AvgIpc) is 2.62. The van der Waals surface area contributed by atoms with Crippen molar-refractivity contribution in [3.05, 3.63) is 56.2 Å². The van der Waals surface area contributed by atoms with E-state index in [0.717, 1.165) is 6.07 Å². The molecule has 0 spiro atoms. The van der Waals surface area contributed by atoms with Gasteiger partial charge in [0.25, 0.3) is 0 Å². The summed E-state index contributed by atoms with van der Waals surface area (Å²) in [4.78, 5) is 11.9. The second-order valence-electron chi connectivity index (χ2n) is 3.51. The van der Waals surface area contributed by atoms with Gasteiger partial charge in [-0.2, -0.15) is 11.3 Å². The summed E-state index contributed by atoms with van der Waals surface area (Å²) in [5.41, 5.74) is 0.880. The van der Waals surface area contributed by atoms with E-state index in [1.165, 1.54) is 23.5 Å². The van der Waals surface area contributed by atoms with Crippen molar-refractivity contribution < 1.29 is 13.6 Å². The van der Waals surface area contributed by atoms with Gasteiger partial charge in [0, 0.05) is 33.3 Å². The first kappa shape index (κ1) is 12.4. The molecule has 0 saturated carbocycles. The van der Waals surface area contributed by atoms with E-state index in [1.54, 1.807) is 10.8 Å². The first-order chi connectivity index (χ1) is 8.06. The standard InChI is InChI=1S/C12H7BrF2OS/c13-11-6-17-5-10(11)12(16)3-7-1-8(14)4-9(15)2-7/h1-2,4-6H,3H2. The van der Waals surface area contributed by atoms with E-state index in [4.69, 9.17) is 0 Å². The van der Waals surface area contributed by atoms with Crippen molar-refractivity contribution in [3.8, 4) is 0 Å². The molecule has 0 atom stereocenters. The average molecular weight is 317 g/mol. The van der Waals surface area contributed by atoms with E-state index in [9.17, 15) is 13.6 Å². The van der Waals surface area contributed by atoms with Crippen LogP contribution in [0.3, 0.4) is 0 Å². The van der Waals surface area contributed by atoms with Crippen LogP contribution in [0.1, 0.15) is 15.9 Å². The van der Waals surface area contributed by atoms with Gasteiger partial charge in [0.15, 0.2) is 5.78 Å². The third kappa shape index (κ3) is 2.98. The van der Waals surface area contributed by atoms with Gasteiger partial charge in [0.1, 0.15) is 11.6 Å². The molecule has 0 saturated heterocycles. The number of ketones is 1. The highest BCUT2D eigenvalue weighted by atomic mass is 79.9. The minimum Gasteiger partial charge on any atom is -0.294 e. The zero-order valence-corrected chi connectivity index (χ0v) is 10.9. The maximum absolute atomic E-state index is 12.9. The summed E-state index contributed by atoms with van der Waals surface area (Å²) < 4.78 is 26.6. The number of hydrogen-bond acceptors (Lipinski definition) is 2. The third-order valence-electron chi connectivity index (χ3n) is 2.20. The quantitative estimate of drug-likeness (QED) is 0.775. The zero-order chi connectivity index (χ0) is 12.4. The number of carbonyl (C=O) groups is 1. The molecule has 1 nitrogen and oxygen atoms in total. The molecule has 0 aliphatic rings. The zero-order valence-electron chi connectivity index (χ0n) is 8.54. The summed E-state index contributed by atoms with van der Waals surface area (Å²) in [5.74, 6) is -1.50. The van der Waals surface area contributed by atoms with E-state index in [1.807, 2.05) is 0 Å². The van der Waals surface area contributed by atoms with Gasteiger partial charge in [0.05, 0.1) is 0 Å². The second-order valence-corrected chi connectivity index (χ2v) is 5.11. The van der Waals surface area contributed by atoms with Crippen molar-refractivity contribution in [1.29, 1.82) is 0 Å². The van der Waals surface area contributed by atoms with Crippen molar-refractivity contribution >= 4 is 33.0 Å². The molecule has 17 heavy (non-hydrogen) atoms. The lowest BCUT2D eigenvalue weighted by Gasteiger charge is -2.01. The number of thiophene rings is 1. The van der Waals surface area contributed by atoms with Gasteiger partial charge in [-0.1, -0.05) is 0 Å². The van der Waals surface area contributed by atoms with Gasteiger partial charge in [0.2, 0.25) is 0 Å². The highest BCUT2D eigenvalue weighted by molar-refractivity contribution is 9.10. The maximum Gasteiger partial charge on any atom is 0.169 e. The second kappa shape index (κ2) is 5.06. The predicted molar refractivity (Wildman–Crippen MR) is 66.4 cm³/mol. The molecule has 0 N–H and O–H groups in total. The molecular weight excluding hydrogens is 310 g/mol. The third-order valence-corrected chi connectivity index (χ3v) is 3.90. The number of benzene rings is 1. The highest BCUT2D eigenvalue weighted by Gasteiger charge is 2.12. The minimum absolute atomic E-state index is 0.00991. The Hall–Kier alpha value is -1.07. The van der Waals surface area contributed by atoms with E-state index >= 15 is 0 Å². The van der Waals surface area contributed by atoms with Gasteiger partial charge >= 0.3 is 0 Å². The number of halogens is 3. The van der Waals surface area contributed by atoms with Gasteiger partial charge in [-0.25, -0.2) is 8.78 Å². The van der Waals surface area contributed by atoms with Crippen LogP contribution in [0.4, 0.5) is 8.78 Å². The Morgan fingerprint density at radius 2 is 1.82 bits per heavy atom. The van der Waals surface area contributed by atoms with Crippen molar-refractivity contribution in [2.45, 2.75) is 6.42 Å². The first-order valence-corrected chi connectivity index (χ1v) is 6.49. The fourth-order valence-electron chi connectivity index (χ4n) is 1.47. The lowest BCUT2D eigenvalue weighted by atomic mass is 10.1. The summed E-state index contributed by atoms with van der Waals surface area (Å²) >= 11 is 4.65. The van der Waals surface area contributed by atoms with E-state index in [2.05, 4.69) is 15.9 Å². The van der Waals surface area contributed by atoms with Crippen LogP contribution in [0.5, 0.6) is 0 Å². The predicted octanol–water partition coefficient (Wildman–Crippen LogP) is 4.21. The summed E-state index contributed by atoms with van der Waals surface area (Å²) in [7, 11) is 0.